The number of anilines is 1. The Morgan fingerprint density at radius 2 is 2.08 bits per heavy atom. The average molecular weight is 559 g/mol. The second kappa shape index (κ2) is 8.72. The summed E-state index contributed by atoms with van der Waals surface area (Å²) in [5.74, 6) is 1.26. The van der Waals surface area contributed by atoms with Crippen LogP contribution in [0, 0.1) is 26.7 Å². The Bertz CT molecular complexity index is 1670. The molecule has 3 aromatic rings. The van der Waals surface area contributed by atoms with Crippen molar-refractivity contribution in [3.05, 3.63) is 80.2 Å². The van der Waals surface area contributed by atoms with E-state index in [1.54, 1.807) is 23.5 Å². The highest BCUT2D eigenvalue weighted by Gasteiger charge is 2.52. The van der Waals surface area contributed by atoms with E-state index in [1.807, 2.05) is 25.1 Å². The number of carbonyl (C=O) groups excluding carboxylic acids is 2. The van der Waals surface area contributed by atoms with E-state index < -0.39 is 6.04 Å². The molecule has 1 unspecified atom stereocenters. The van der Waals surface area contributed by atoms with Gasteiger partial charge in [-0.25, -0.2) is 0 Å². The predicted octanol–water partition coefficient (Wildman–Crippen LogP) is 5.56. The van der Waals surface area contributed by atoms with Crippen LogP contribution in [0.15, 0.2) is 46.5 Å². The number of aromatic nitrogens is 3. The van der Waals surface area contributed by atoms with Crippen LogP contribution >= 0.6 is 22.9 Å². The van der Waals surface area contributed by atoms with Crippen LogP contribution in [0.25, 0.3) is 5.00 Å². The molecule has 0 bridgehead atoms. The van der Waals surface area contributed by atoms with Gasteiger partial charge in [-0.1, -0.05) is 23.8 Å². The fourth-order valence-corrected chi connectivity index (χ4v) is 7.28. The number of amides is 2. The molecule has 4 aliphatic rings. The van der Waals surface area contributed by atoms with E-state index >= 15 is 0 Å². The zero-order valence-corrected chi connectivity index (χ0v) is 23.4. The van der Waals surface area contributed by atoms with Gasteiger partial charge in [-0.3, -0.25) is 19.1 Å². The number of aliphatic imine (C=N–C) groups is 1. The maximum atomic E-state index is 13.5. The van der Waals surface area contributed by atoms with Gasteiger partial charge >= 0.3 is 0 Å². The first-order chi connectivity index (χ1) is 18.7. The summed E-state index contributed by atoms with van der Waals surface area (Å²) in [5.41, 5.74) is 5.32. The van der Waals surface area contributed by atoms with Crippen LogP contribution in [0.2, 0.25) is 0 Å². The molecule has 2 N–H and O–H groups in total. The van der Waals surface area contributed by atoms with Gasteiger partial charge in [-0.15, -0.1) is 21.5 Å². The van der Waals surface area contributed by atoms with Crippen LogP contribution in [0.1, 0.15) is 75.3 Å². The summed E-state index contributed by atoms with van der Waals surface area (Å²) in [7, 11) is 0. The number of nitrogens with one attached hydrogen (secondary N) is 2. The fourth-order valence-electron chi connectivity index (χ4n) is 5.89. The highest BCUT2D eigenvalue weighted by molar-refractivity contribution is 7.15. The first-order valence-electron chi connectivity index (χ1n) is 13.2. The minimum absolute atomic E-state index is 0.0405. The number of allylic oxidation sites excluding steroid dienone is 4. The van der Waals surface area contributed by atoms with Gasteiger partial charge in [-0.2, -0.15) is 0 Å². The Morgan fingerprint density at radius 1 is 1.26 bits per heavy atom. The maximum Gasteiger partial charge on any atom is 0.252 e. The third kappa shape index (κ3) is 3.90. The van der Waals surface area contributed by atoms with E-state index in [0.29, 0.717) is 17.1 Å². The first kappa shape index (κ1) is 24.5. The topological polar surface area (TPSA) is 101 Å². The van der Waals surface area contributed by atoms with Crippen LogP contribution in [0.4, 0.5) is 5.69 Å². The molecule has 2 atom stereocenters. The highest BCUT2D eigenvalue weighted by Crippen LogP contribution is 2.51. The highest BCUT2D eigenvalue weighted by atomic mass is 35.5. The summed E-state index contributed by atoms with van der Waals surface area (Å²) >= 11 is 7.95. The summed E-state index contributed by atoms with van der Waals surface area (Å²) in [6.45, 7) is 6.18. The van der Waals surface area contributed by atoms with Gasteiger partial charge in [0.25, 0.3) is 5.91 Å². The van der Waals surface area contributed by atoms with Gasteiger partial charge in [0.05, 0.1) is 17.7 Å². The van der Waals surface area contributed by atoms with Gasteiger partial charge in [0.1, 0.15) is 16.9 Å². The van der Waals surface area contributed by atoms with Gasteiger partial charge in [0, 0.05) is 32.6 Å². The Morgan fingerprint density at radius 3 is 2.82 bits per heavy atom. The maximum absolute atomic E-state index is 13.5. The molecular formula is C29H27ClN6O2S. The molecular weight excluding hydrogens is 532 g/mol. The van der Waals surface area contributed by atoms with Crippen LogP contribution < -0.4 is 10.6 Å². The van der Waals surface area contributed by atoms with Gasteiger partial charge < -0.3 is 10.6 Å². The molecule has 7 rings (SSSR count). The number of fused-ring (bicyclic) bond motifs is 5. The largest absolute Gasteiger partial charge is 0.342 e. The number of hydrogen-bond donors (Lipinski definition) is 2. The van der Waals surface area contributed by atoms with Crippen molar-refractivity contribution < 1.29 is 9.59 Å². The van der Waals surface area contributed by atoms with Crippen molar-refractivity contribution in [2.75, 3.05) is 5.32 Å². The zero-order valence-electron chi connectivity index (χ0n) is 21.8. The Hall–Kier alpha value is -3.56. The van der Waals surface area contributed by atoms with E-state index in [9.17, 15) is 9.59 Å². The quantitative estimate of drug-likeness (QED) is 0.438. The normalized spacial score (nSPS) is 21.9. The van der Waals surface area contributed by atoms with Crippen molar-refractivity contribution in [1.82, 2.24) is 20.1 Å². The molecule has 2 aromatic heterocycles. The van der Waals surface area contributed by atoms with E-state index in [0.717, 1.165) is 52.0 Å². The fraction of sp³-hybridized carbons (Fsp3) is 0.345. The number of aryl methyl sites for hydroxylation is 2. The van der Waals surface area contributed by atoms with Crippen LogP contribution in [0.5, 0.6) is 0 Å². The molecule has 0 saturated heterocycles. The van der Waals surface area contributed by atoms with Crippen molar-refractivity contribution in [2.24, 2.45) is 10.9 Å². The number of thiophene rings is 1. The molecule has 1 fully saturated rings. The minimum Gasteiger partial charge on any atom is -0.342 e. The lowest BCUT2D eigenvalue weighted by Gasteiger charge is -2.19. The molecule has 1 aromatic carbocycles. The third-order valence-corrected chi connectivity index (χ3v) is 9.69. The van der Waals surface area contributed by atoms with E-state index in [1.165, 1.54) is 10.4 Å². The lowest BCUT2D eigenvalue weighted by molar-refractivity contribution is -0.116. The molecule has 2 aliphatic carbocycles. The van der Waals surface area contributed by atoms with Gasteiger partial charge in [0.2, 0.25) is 5.91 Å². The Labute approximate surface area is 234 Å². The van der Waals surface area contributed by atoms with Crippen LogP contribution in [-0.2, 0) is 10.3 Å². The minimum atomic E-state index is -0.511. The molecule has 10 heteroatoms. The molecule has 1 spiro atoms. The van der Waals surface area contributed by atoms with Crippen molar-refractivity contribution in [1.29, 1.82) is 0 Å². The number of hydrogen-bond acceptors (Lipinski definition) is 6. The molecule has 1 saturated carbocycles. The number of carbonyl (C=O) groups is 2. The Kier molecular flexibility index (Phi) is 5.48. The van der Waals surface area contributed by atoms with Gasteiger partial charge in [0.15, 0.2) is 5.82 Å². The number of halogens is 1. The lowest BCUT2D eigenvalue weighted by Crippen LogP contribution is -2.25. The smallest absolute Gasteiger partial charge is 0.252 e. The summed E-state index contributed by atoms with van der Waals surface area (Å²) in [6, 6.07) is 5.01. The monoisotopic (exact) mass is 558 g/mol. The number of nitrogens with zero attached hydrogens (tertiary/aromatic N) is 4. The second-order valence-corrected chi connectivity index (χ2v) is 12.4. The van der Waals surface area contributed by atoms with E-state index in [2.05, 4.69) is 45.3 Å². The standard InChI is InChI=1S/C29H27ClN6O2S/c1-14-15(2)39-28-24(14)25(17-4-6-18(30)7-5-17)32-22(26-35-34-16(3)36(26)28)13-23(37)31-19-8-9-20-21(12-19)29(10-11-29)33-27(20)38/h4,6-9,12,17,22H,5,10-11,13H2,1-3H3,(H,31,37)(H,33,38)/t17?,22-/m0/s1. The molecule has 2 aliphatic heterocycles. The van der Waals surface area contributed by atoms with Crippen molar-refractivity contribution in [3.8, 4) is 5.00 Å². The zero-order chi connectivity index (χ0) is 27.1. The molecule has 198 valence electrons. The van der Waals surface area contributed by atoms with Gasteiger partial charge in [-0.05, 0) is 75.4 Å². The van der Waals surface area contributed by atoms with Crippen molar-refractivity contribution in [3.63, 3.8) is 0 Å². The lowest BCUT2D eigenvalue weighted by atomic mass is 9.89. The third-order valence-electron chi connectivity index (χ3n) is 8.22. The average Bonchev–Trinajstić information content (AvgIpc) is 3.43. The van der Waals surface area contributed by atoms with Crippen molar-refractivity contribution >= 4 is 46.2 Å². The second-order valence-electron chi connectivity index (χ2n) is 10.8. The summed E-state index contributed by atoms with van der Waals surface area (Å²) < 4.78 is 2.06. The molecule has 2 amide bonds. The number of rotatable bonds is 4. The Balaban J connectivity index is 1.24. The molecule has 39 heavy (non-hydrogen) atoms. The van der Waals surface area contributed by atoms with Crippen molar-refractivity contribution in [2.45, 2.75) is 58.0 Å². The summed E-state index contributed by atoms with van der Waals surface area (Å²) in [5, 5.41) is 16.8. The molecule has 4 heterocycles. The van der Waals surface area contributed by atoms with E-state index in [4.69, 9.17) is 16.6 Å². The first-order valence-corrected chi connectivity index (χ1v) is 14.3. The SMILES string of the molecule is Cc1sc2c(c1C)C(C1C=CC(Cl)=CC1)=N[C@@H](CC(=O)Nc1ccc3c(c1)C1(CC1)NC3=O)c1nnc(C)n1-2. The molecule has 0 radical (unpaired) electrons. The van der Waals surface area contributed by atoms with Crippen LogP contribution in [-0.4, -0.2) is 32.3 Å². The van der Waals surface area contributed by atoms with Crippen LogP contribution in [0.3, 0.4) is 0 Å². The summed E-state index contributed by atoms with van der Waals surface area (Å²) in [6.07, 6.45) is 8.74. The number of benzene rings is 1. The molecule has 8 nitrogen and oxygen atoms in total. The summed E-state index contributed by atoms with van der Waals surface area (Å²) in [4.78, 5) is 32.2. The predicted molar refractivity (Wildman–Crippen MR) is 152 cm³/mol. The van der Waals surface area contributed by atoms with E-state index in [-0.39, 0.29) is 29.7 Å².